The largest absolute Gasteiger partial charge is 0.508 e. The molecule has 2 rings (SSSR count). The summed E-state index contributed by atoms with van der Waals surface area (Å²) in [7, 11) is 0. The molecule has 1 saturated heterocycles. The van der Waals surface area contributed by atoms with Gasteiger partial charge in [-0.25, -0.2) is 4.39 Å². The number of rotatable bonds is 2. The van der Waals surface area contributed by atoms with Crippen molar-refractivity contribution in [2.45, 2.75) is 13.5 Å². The quantitative estimate of drug-likeness (QED) is 0.860. The van der Waals surface area contributed by atoms with E-state index >= 15 is 0 Å². The molecule has 1 aliphatic heterocycles. The highest BCUT2D eigenvalue weighted by Gasteiger charge is 2.18. The molecule has 1 N–H and O–H groups in total. The molecular weight excluding hydrogens is 235 g/mol. The van der Waals surface area contributed by atoms with Gasteiger partial charge in [-0.1, -0.05) is 0 Å². The van der Waals surface area contributed by atoms with E-state index in [1.54, 1.807) is 17.9 Å². The molecule has 1 amide bonds. The summed E-state index contributed by atoms with van der Waals surface area (Å²) in [6.45, 7) is 5.12. The molecule has 5 heteroatoms. The molecule has 98 valence electrons. The molecule has 1 heterocycles. The van der Waals surface area contributed by atoms with Crippen molar-refractivity contribution in [3.63, 3.8) is 0 Å². The molecule has 1 fully saturated rings. The predicted octanol–water partition coefficient (Wildman–Crippen LogP) is 1.20. The predicted molar refractivity (Wildman–Crippen MR) is 65.6 cm³/mol. The summed E-state index contributed by atoms with van der Waals surface area (Å²) >= 11 is 0. The van der Waals surface area contributed by atoms with Gasteiger partial charge in [-0.15, -0.1) is 0 Å². The number of piperazine rings is 1. The molecule has 0 saturated carbocycles. The number of amides is 1. The van der Waals surface area contributed by atoms with Gasteiger partial charge in [0, 0.05) is 45.7 Å². The van der Waals surface area contributed by atoms with E-state index in [9.17, 15) is 14.3 Å². The number of hydrogen-bond donors (Lipinski definition) is 1. The number of carbonyl (C=O) groups is 1. The summed E-state index contributed by atoms with van der Waals surface area (Å²) in [6, 6.07) is 4.09. The molecule has 0 spiro atoms. The van der Waals surface area contributed by atoms with Crippen LogP contribution in [0.3, 0.4) is 0 Å². The second-order valence-electron chi connectivity index (χ2n) is 4.60. The van der Waals surface area contributed by atoms with Crippen molar-refractivity contribution in [2.24, 2.45) is 0 Å². The van der Waals surface area contributed by atoms with Gasteiger partial charge in [0.2, 0.25) is 5.91 Å². The first-order valence-corrected chi connectivity index (χ1v) is 6.01. The maximum atomic E-state index is 13.1. The van der Waals surface area contributed by atoms with Crippen LogP contribution in [0.1, 0.15) is 12.5 Å². The summed E-state index contributed by atoms with van der Waals surface area (Å²) in [4.78, 5) is 15.1. The average molecular weight is 252 g/mol. The van der Waals surface area contributed by atoms with Gasteiger partial charge in [0.15, 0.2) is 0 Å². The summed E-state index contributed by atoms with van der Waals surface area (Å²) < 4.78 is 13.1. The number of aromatic hydroxyl groups is 1. The van der Waals surface area contributed by atoms with Crippen LogP contribution in [0.2, 0.25) is 0 Å². The van der Waals surface area contributed by atoms with Crippen molar-refractivity contribution in [1.29, 1.82) is 0 Å². The van der Waals surface area contributed by atoms with Crippen LogP contribution in [0.25, 0.3) is 0 Å². The SMILES string of the molecule is CC(=O)N1CCN(Cc2cc(O)cc(F)c2)CC1. The first-order chi connectivity index (χ1) is 8.54. The zero-order valence-corrected chi connectivity index (χ0v) is 10.4. The Morgan fingerprint density at radius 2 is 1.94 bits per heavy atom. The summed E-state index contributed by atoms with van der Waals surface area (Å²) in [5.74, 6) is -0.377. The van der Waals surface area contributed by atoms with Crippen LogP contribution in [0, 0.1) is 5.82 Å². The molecule has 1 aliphatic rings. The molecule has 1 aromatic rings. The number of benzene rings is 1. The molecule has 1 aromatic carbocycles. The minimum absolute atomic E-state index is 0.0487. The first-order valence-electron chi connectivity index (χ1n) is 6.01. The second kappa shape index (κ2) is 5.35. The van der Waals surface area contributed by atoms with Gasteiger partial charge in [0.1, 0.15) is 11.6 Å². The molecular formula is C13H17FN2O2. The molecule has 0 unspecified atom stereocenters. The van der Waals surface area contributed by atoms with Crippen molar-refractivity contribution in [2.75, 3.05) is 26.2 Å². The van der Waals surface area contributed by atoms with E-state index in [2.05, 4.69) is 4.90 Å². The average Bonchev–Trinajstić information content (AvgIpc) is 2.28. The maximum absolute atomic E-state index is 13.1. The summed E-state index contributed by atoms with van der Waals surface area (Å²) in [5.41, 5.74) is 0.753. The lowest BCUT2D eigenvalue weighted by atomic mass is 10.2. The van der Waals surface area contributed by atoms with Gasteiger partial charge in [0.25, 0.3) is 0 Å². The van der Waals surface area contributed by atoms with Crippen molar-refractivity contribution in [3.05, 3.63) is 29.6 Å². The minimum Gasteiger partial charge on any atom is -0.508 e. The smallest absolute Gasteiger partial charge is 0.219 e. The normalized spacial score (nSPS) is 16.9. The van der Waals surface area contributed by atoms with E-state index in [-0.39, 0.29) is 11.7 Å². The lowest BCUT2D eigenvalue weighted by Crippen LogP contribution is -2.47. The van der Waals surface area contributed by atoms with Crippen LogP contribution in [0.4, 0.5) is 4.39 Å². The van der Waals surface area contributed by atoms with Crippen LogP contribution in [0.5, 0.6) is 5.75 Å². The van der Waals surface area contributed by atoms with Gasteiger partial charge in [-0.3, -0.25) is 9.69 Å². The minimum atomic E-state index is -0.424. The van der Waals surface area contributed by atoms with E-state index in [1.807, 2.05) is 0 Å². The summed E-state index contributed by atoms with van der Waals surface area (Å²) in [5, 5.41) is 9.33. The van der Waals surface area contributed by atoms with Gasteiger partial charge in [-0.05, 0) is 17.7 Å². The third-order valence-corrected chi connectivity index (χ3v) is 3.17. The van der Waals surface area contributed by atoms with Gasteiger partial charge in [-0.2, -0.15) is 0 Å². The Kier molecular flexibility index (Phi) is 3.81. The Balaban J connectivity index is 1.93. The molecule has 0 aliphatic carbocycles. The summed E-state index contributed by atoms with van der Waals surface area (Å²) in [6.07, 6.45) is 0. The molecule has 0 atom stereocenters. The Labute approximate surface area is 106 Å². The van der Waals surface area contributed by atoms with E-state index in [1.165, 1.54) is 6.07 Å². The lowest BCUT2D eigenvalue weighted by Gasteiger charge is -2.34. The van der Waals surface area contributed by atoms with Crippen molar-refractivity contribution in [1.82, 2.24) is 9.80 Å². The third-order valence-electron chi connectivity index (χ3n) is 3.17. The monoisotopic (exact) mass is 252 g/mol. The number of carbonyl (C=O) groups excluding carboxylic acids is 1. The van der Waals surface area contributed by atoms with Crippen LogP contribution in [-0.2, 0) is 11.3 Å². The molecule has 0 radical (unpaired) electrons. The Morgan fingerprint density at radius 1 is 1.28 bits per heavy atom. The standard InChI is InChI=1S/C13H17FN2O2/c1-10(17)16-4-2-15(3-5-16)9-11-6-12(14)8-13(18)7-11/h6-8,18H,2-5,9H2,1H3. The zero-order chi connectivity index (χ0) is 13.1. The number of hydrogen-bond acceptors (Lipinski definition) is 3. The van der Waals surface area contributed by atoms with Crippen molar-refractivity contribution >= 4 is 5.91 Å². The number of phenolic OH excluding ortho intramolecular Hbond substituents is 1. The number of nitrogens with zero attached hydrogens (tertiary/aromatic N) is 2. The Morgan fingerprint density at radius 3 is 2.50 bits per heavy atom. The van der Waals surface area contributed by atoms with Crippen LogP contribution >= 0.6 is 0 Å². The molecule has 4 nitrogen and oxygen atoms in total. The Hall–Kier alpha value is -1.62. The fraction of sp³-hybridized carbons (Fsp3) is 0.462. The highest BCUT2D eigenvalue weighted by molar-refractivity contribution is 5.73. The molecule has 18 heavy (non-hydrogen) atoms. The van der Waals surface area contributed by atoms with Gasteiger partial charge in [0.05, 0.1) is 0 Å². The van der Waals surface area contributed by atoms with Crippen molar-refractivity contribution < 1.29 is 14.3 Å². The van der Waals surface area contributed by atoms with E-state index in [4.69, 9.17) is 0 Å². The molecule has 0 aromatic heterocycles. The first kappa shape index (κ1) is 12.8. The van der Waals surface area contributed by atoms with Crippen molar-refractivity contribution in [3.8, 4) is 5.75 Å². The fourth-order valence-electron chi connectivity index (χ4n) is 2.20. The van der Waals surface area contributed by atoms with Crippen LogP contribution in [-0.4, -0.2) is 47.0 Å². The van der Waals surface area contributed by atoms with Gasteiger partial charge >= 0.3 is 0 Å². The van der Waals surface area contributed by atoms with Crippen LogP contribution in [0.15, 0.2) is 18.2 Å². The second-order valence-corrected chi connectivity index (χ2v) is 4.60. The number of phenols is 1. The van der Waals surface area contributed by atoms with E-state index in [0.29, 0.717) is 19.6 Å². The fourth-order valence-corrected chi connectivity index (χ4v) is 2.20. The Bertz CT molecular complexity index is 422. The lowest BCUT2D eigenvalue weighted by molar-refractivity contribution is -0.130. The molecule has 0 bridgehead atoms. The van der Waals surface area contributed by atoms with Crippen LogP contribution < -0.4 is 0 Å². The maximum Gasteiger partial charge on any atom is 0.219 e. The van der Waals surface area contributed by atoms with E-state index in [0.717, 1.165) is 24.7 Å². The topological polar surface area (TPSA) is 43.8 Å². The highest BCUT2D eigenvalue weighted by Crippen LogP contribution is 2.17. The highest BCUT2D eigenvalue weighted by atomic mass is 19.1. The van der Waals surface area contributed by atoms with Gasteiger partial charge < -0.3 is 10.0 Å². The van der Waals surface area contributed by atoms with E-state index < -0.39 is 5.82 Å². The number of halogens is 1. The zero-order valence-electron chi connectivity index (χ0n) is 10.4. The third kappa shape index (κ3) is 3.20.